The average Bonchev–Trinajstić information content (AvgIpc) is 2.68. The van der Waals surface area contributed by atoms with Crippen molar-refractivity contribution in [2.75, 3.05) is 5.32 Å². The highest BCUT2D eigenvalue weighted by atomic mass is 19.1. The highest BCUT2D eigenvalue weighted by Gasteiger charge is 2.21. The molecule has 0 heterocycles. The van der Waals surface area contributed by atoms with E-state index in [1.807, 2.05) is 26.0 Å². The number of hydrogen-bond acceptors (Lipinski definition) is 4. The molecule has 7 heteroatoms. The molecule has 0 saturated carbocycles. The Bertz CT molecular complexity index is 977. The zero-order valence-electron chi connectivity index (χ0n) is 16.2. The van der Waals surface area contributed by atoms with Crippen molar-refractivity contribution in [2.24, 2.45) is 0 Å². The Labute approximate surface area is 167 Å². The molecule has 0 spiro atoms. The normalized spacial score (nSPS) is 12.2. The molecule has 0 aliphatic carbocycles. The lowest BCUT2D eigenvalue weighted by Gasteiger charge is -2.13. The van der Waals surface area contributed by atoms with Gasteiger partial charge in [-0.15, -0.1) is 0 Å². The minimum absolute atomic E-state index is 0.249. The van der Waals surface area contributed by atoms with Crippen LogP contribution >= 0.6 is 0 Å². The number of nitriles is 1. The maximum absolute atomic E-state index is 13.6. The van der Waals surface area contributed by atoms with E-state index in [2.05, 4.69) is 5.32 Å². The van der Waals surface area contributed by atoms with Crippen molar-refractivity contribution < 1.29 is 23.1 Å². The van der Waals surface area contributed by atoms with Crippen LogP contribution < -0.4 is 5.32 Å². The van der Waals surface area contributed by atoms with E-state index >= 15 is 0 Å². The van der Waals surface area contributed by atoms with Gasteiger partial charge >= 0.3 is 5.97 Å². The summed E-state index contributed by atoms with van der Waals surface area (Å²) in [7, 11) is 0. The number of amides is 1. The minimum Gasteiger partial charge on any atom is -0.448 e. The number of nitrogens with zero attached hydrogens (tertiary/aromatic N) is 1. The van der Waals surface area contributed by atoms with Crippen LogP contribution in [0.2, 0.25) is 0 Å². The second kappa shape index (κ2) is 9.60. The molecule has 0 aliphatic heterocycles. The van der Waals surface area contributed by atoms with Gasteiger partial charge in [-0.25, -0.2) is 13.6 Å². The van der Waals surface area contributed by atoms with E-state index in [0.29, 0.717) is 17.5 Å². The third kappa shape index (κ3) is 5.98. The van der Waals surface area contributed by atoms with Crippen molar-refractivity contribution in [3.05, 3.63) is 70.8 Å². The van der Waals surface area contributed by atoms with Crippen LogP contribution in [0.4, 0.5) is 14.5 Å². The quantitative estimate of drug-likeness (QED) is 0.439. The number of nitrogens with one attached hydrogen (secondary N) is 1. The molecule has 29 heavy (non-hydrogen) atoms. The molecule has 1 amide bonds. The van der Waals surface area contributed by atoms with Crippen molar-refractivity contribution in [1.29, 1.82) is 5.26 Å². The summed E-state index contributed by atoms with van der Waals surface area (Å²) in [6.45, 7) is 5.38. The molecule has 5 nitrogen and oxygen atoms in total. The maximum Gasteiger partial charge on any atom is 0.349 e. The number of rotatable bonds is 6. The molecule has 0 aliphatic rings. The molecule has 2 aromatic carbocycles. The van der Waals surface area contributed by atoms with Crippen molar-refractivity contribution in [3.63, 3.8) is 0 Å². The van der Waals surface area contributed by atoms with Crippen LogP contribution in [-0.2, 0) is 14.3 Å². The van der Waals surface area contributed by atoms with E-state index in [0.717, 1.165) is 17.7 Å². The Hall–Kier alpha value is -3.53. The molecule has 0 saturated heterocycles. The van der Waals surface area contributed by atoms with E-state index < -0.39 is 29.6 Å². The fourth-order valence-electron chi connectivity index (χ4n) is 2.38. The summed E-state index contributed by atoms with van der Waals surface area (Å²) in [5, 5.41) is 11.5. The predicted octanol–water partition coefficient (Wildman–Crippen LogP) is 4.57. The van der Waals surface area contributed by atoms with E-state index in [1.54, 1.807) is 18.2 Å². The van der Waals surface area contributed by atoms with E-state index in [4.69, 9.17) is 4.74 Å². The lowest BCUT2D eigenvalue weighted by molar-refractivity contribution is -0.148. The predicted molar refractivity (Wildman–Crippen MR) is 105 cm³/mol. The molecule has 0 fully saturated rings. The summed E-state index contributed by atoms with van der Waals surface area (Å²) < 4.78 is 31.5. The van der Waals surface area contributed by atoms with E-state index in [1.165, 1.54) is 13.0 Å². The van der Waals surface area contributed by atoms with Gasteiger partial charge in [0.2, 0.25) is 0 Å². The van der Waals surface area contributed by atoms with Gasteiger partial charge in [0.05, 0.1) is 5.69 Å². The second-order valence-electron chi connectivity index (χ2n) is 6.65. The number of carbonyl (C=O) groups is 2. The average molecular weight is 398 g/mol. The van der Waals surface area contributed by atoms with E-state index in [-0.39, 0.29) is 11.3 Å². The molecule has 2 aromatic rings. The van der Waals surface area contributed by atoms with Crippen molar-refractivity contribution in [1.82, 2.24) is 0 Å². The maximum atomic E-state index is 13.6. The smallest absolute Gasteiger partial charge is 0.349 e. The van der Waals surface area contributed by atoms with Crippen LogP contribution in [0.3, 0.4) is 0 Å². The summed E-state index contributed by atoms with van der Waals surface area (Å²) in [5.41, 5.74) is 1.21. The van der Waals surface area contributed by atoms with Crippen LogP contribution in [-0.4, -0.2) is 18.0 Å². The van der Waals surface area contributed by atoms with Gasteiger partial charge in [-0.3, -0.25) is 4.79 Å². The first-order chi connectivity index (χ1) is 13.7. The Kier molecular flexibility index (Phi) is 7.21. The van der Waals surface area contributed by atoms with Crippen LogP contribution in [0.1, 0.15) is 37.8 Å². The molecule has 2 rings (SSSR count). The van der Waals surface area contributed by atoms with Crippen LogP contribution in [0, 0.1) is 23.0 Å². The molecule has 0 radical (unpaired) electrons. The number of halogens is 2. The molecule has 1 atom stereocenters. The first-order valence-electron chi connectivity index (χ1n) is 8.90. The number of esters is 1. The second-order valence-corrected chi connectivity index (χ2v) is 6.65. The van der Waals surface area contributed by atoms with Gasteiger partial charge in [0.15, 0.2) is 6.10 Å². The number of carbonyl (C=O) groups excluding carboxylic acids is 2. The third-order valence-corrected chi connectivity index (χ3v) is 4.10. The van der Waals surface area contributed by atoms with E-state index in [9.17, 15) is 23.6 Å². The fourth-order valence-corrected chi connectivity index (χ4v) is 2.38. The lowest BCUT2D eigenvalue weighted by atomic mass is 10.0. The fraction of sp³-hybridized carbons (Fsp3) is 0.227. The van der Waals surface area contributed by atoms with Gasteiger partial charge in [-0.05, 0) is 42.2 Å². The molecule has 1 N–H and O–H groups in total. The first-order valence-corrected chi connectivity index (χ1v) is 8.90. The number of anilines is 1. The van der Waals surface area contributed by atoms with Gasteiger partial charge in [0.25, 0.3) is 5.91 Å². The summed E-state index contributed by atoms with van der Waals surface area (Å²) in [4.78, 5) is 24.3. The molecule has 0 aromatic heterocycles. The molecule has 0 bridgehead atoms. The van der Waals surface area contributed by atoms with Gasteiger partial charge in [-0.1, -0.05) is 38.1 Å². The summed E-state index contributed by atoms with van der Waals surface area (Å²) in [6.07, 6.45) is 0.0588. The Balaban J connectivity index is 2.05. The zero-order valence-corrected chi connectivity index (χ0v) is 16.2. The monoisotopic (exact) mass is 398 g/mol. The Morgan fingerprint density at radius 2 is 1.76 bits per heavy atom. The van der Waals surface area contributed by atoms with Crippen LogP contribution in [0.5, 0.6) is 0 Å². The van der Waals surface area contributed by atoms with Gasteiger partial charge in [0.1, 0.15) is 23.3 Å². The molecular formula is C22H20F2N2O3. The van der Waals surface area contributed by atoms with Crippen molar-refractivity contribution in [2.45, 2.75) is 32.8 Å². The molecule has 150 valence electrons. The number of benzene rings is 2. The van der Waals surface area contributed by atoms with Gasteiger partial charge in [-0.2, -0.15) is 5.26 Å². The Morgan fingerprint density at radius 1 is 1.10 bits per heavy atom. The zero-order chi connectivity index (χ0) is 21.6. The van der Waals surface area contributed by atoms with Gasteiger partial charge < -0.3 is 10.1 Å². The molecule has 0 unspecified atom stereocenters. The van der Waals surface area contributed by atoms with Crippen molar-refractivity contribution >= 4 is 23.6 Å². The Morgan fingerprint density at radius 3 is 2.31 bits per heavy atom. The first kappa shape index (κ1) is 21.8. The third-order valence-electron chi connectivity index (χ3n) is 4.10. The minimum atomic E-state index is -1.30. The van der Waals surface area contributed by atoms with Gasteiger partial charge in [0, 0.05) is 6.07 Å². The largest absolute Gasteiger partial charge is 0.448 e. The number of hydrogen-bond donors (Lipinski definition) is 1. The highest BCUT2D eigenvalue weighted by Crippen LogP contribution is 2.18. The van der Waals surface area contributed by atoms with Crippen LogP contribution in [0.25, 0.3) is 6.08 Å². The SMILES string of the molecule is CC(C)c1ccc(/C=C(\C#N)C(=O)O[C@@H](C)C(=O)Nc2ccc(F)cc2F)cc1. The number of ether oxygens (including phenoxy) is 1. The lowest BCUT2D eigenvalue weighted by Crippen LogP contribution is -2.30. The van der Waals surface area contributed by atoms with Crippen LogP contribution in [0.15, 0.2) is 48.0 Å². The topological polar surface area (TPSA) is 79.2 Å². The highest BCUT2D eigenvalue weighted by molar-refractivity contribution is 6.01. The summed E-state index contributed by atoms with van der Waals surface area (Å²) >= 11 is 0. The van der Waals surface area contributed by atoms with Crippen molar-refractivity contribution in [3.8, 4) is 6.07 Å². The summed E-state index contributed by atoms with van der Waals surface area (Å²) in [5.74, 6) is -3.20. The molecular weight excluding hydrogens is 378 g/mol. The standard InChI is InChI=1S/C22H20F2N2O3/c1-13(2)16-6-4-15(5-7-16)10-17(12-25)22(28)29-14(3)21(27)26-20-9-8-18(23)11-19(20)24/h4-11,13-14H,1-3H3,(H,26,27)/b17-10+/t14-/m0/s1. The summed E-state index contributed by atoms with van der Waals surface area (Å²) in [6, 6.07) is 11.7.